The van der Waals surface area contributed by atoms with Crippen molar-refractivity contribution in [2.45, 2.75) is 44.1 Å². The first-order chi connectivity index (χ1) is 10.0. The maximum absolute atomic E-state index is 12.6. The zero-order chi connectivity index (χ0) is 14.6. The molecule has 0 atom stereocenters. The lowest BCUT2D eigenvalue weighted by atomic mass is 9.53. The number of carbonyl (C=O) groups is 1. The quantitative estimate of drug-likeness (QED) is 0.730. The molecule has 0 unspecified atom stereocenters. The molecule has 0 aliphatic heterocycles. The highest BCUT2D eigenvalue weighted by Crippen LogP contribution is 2.55. The molecule has 0 saturated heterocycles. The van der Waals surface area contributed by atoms with Crippen LogP contribution in [0.15, 0.2) is 18.2 Å². The van der Waals surface area contributed by atoms with E-state index in [1.165, 1.54) is 19.3 Å². The molecular weight excluding hydrogens is 262 g/mol. The summed E-state index contributed by atoms with van der Waals surface area (Å²) >= 11 is 0. The third kappa shape index (κ3) is 2.27. The van der Waals surface area contributed by atoms with Crippen molar-refractivity contribution < 1.29 is 4.79 Å². The van der Waals surface area contributed by atoms with Crippen LogP contribution < -0.4 is 16.8 Å². The predicted molar refractivity (Wildman–Crippen MR) is 83.6 cm³/mol. The maximum atomic E-state index is 12.6. The van der Waals surface area contributed by atoms with Crippen LogP contribution >= 0.6 is 0 Å². The zero-order valence-electron chi connectivity index (χ0n) is 12.3. The first-order valence-electron chi connectivity index (χ1n) is 8.00. The number of rotatable bonds is 2. The van der Waals surface area contributed by atoms with Gasteiger partial charge in [-0.15, -0.1) is 0 Å². The molecule has 112 valence electrons. The summed E-state index contributed by atoms with van der Waals surface area (Å²) in [4.78, 5) is 12.6. The van der Waals surface area contributed by atoms with E-state index in [1.54, 1.807) is 18.2 Å². The van der Waals surface area contributed by atoms with Crippen LogP contribution in [0.5, 0.6) is 0 Å². The molecule has 4 aliphatic carbocycles. The van der Waals surface area contributed by atoms with E-state index in [-0.39, 0.29) is 11.4 Å². The molecule has 4 nitrogen and oxygen atoms in total. The minimum atomic E-state index is -0.0176. The molecule has 0 heterocycles. The normalized spacial score (nSPS) is 36.7. The Kier molecular flexibility index (Phi) is 2.72. The molecule has 4 fully saturated rings. The van der Waals surface area contributed by atoms with Gasteiger partial charge in [0.1, 0.15) is 0 Å². The van der Waals surface area contributed by atoms with Gasteiger partial charge in [-0.05, 0) is 74.5 Å². The van der Waals surface area contributed by atoms with E-state index in [0.29, 0.717) is 16.9 Å². The Morgan fingerprint density at radius 1 is 0.952 bits per heavy atom. The monoisotopic (exact) mass is 285 g/mol. The number of nitrogen functional groups attached to an aromatic ring is 2. The fourth-order valence-corrected chi connectivity index (χ4v) is 5.38. The Labute approximate surface area is 125 Å². The smallest absolute Gasteiger partial charge is 0.251 e. The number of carbonyl (C=O) groups excluding carboxylic acids is 1. The van der Waals surface area contributed by atoms with Gasteiger partial charge in [-0.1, -0.05) is 0 Å². The van der Waals surface area contributed by atoms with E-state index in [4.69, 9.17) is 11.5 Å². The van der Waals surface area contributed by atoms with Crippen LogP contribution in [-0.2, 0) is 0 Å². The SMILES string of the molecule is Nc1cc(N)cc(C(=O)NC23CC4CC(CC(C4)C2)C3)c1. The minimum absolute atomic E-state index is 0.0176. The van der Waals surface area contributed by atoms with Crippen molar-refractivity contribution in [2.75, 3.05) is 11.5 Å². The predicted octanol–water partition coefficient (Wildman–Crippen LogP) is 2.55. The Hall–Kier alpha value is -1.71. The number of amides is 1. The van der Waals surface area contributed by atoms with Crippen LogP contribution in [0.1, 0.15) is 48.9 Å². The molecular formula is C17H23N3O. The first kappa shape index (κ1) is 13.0. The minimum Gasteiger partial charge on any atom is -0.399 e. The number of hydrogen-bond donors (Lipinski definition) is 3. The Balaban J connectivity index is 1.56. The van der Waals surface area contributed by atoms with Crippen LogP contribution in [0.3, 0.4) is 0 Å². The summed E-state index contributed by atoms with van der Waals surface area (Å²) in [7, 11) is 0. The van der Waals surface area contributed by atoms with Crippen molar-refractivity contribution in [1.82, 2.24) is 5.32 Å². The summed E-state index contributed by atoms with van der Waals surface area (Å²) in [6, 6.07) is 5.11. The van der Waals surface area contributed by atoms with Gasteiger partial charge in [0.15, 0.2) is 0 Å². The fraction of sp³-hybridized carbons (Fsp3) is 0.588. The van der Waals surface area contributed by atoms with E-state index in [2.05, 4.69) is 5.32 Å². The van der Waals surface area contributed by atoms with Gasteiger partial charge in [-0.3, -0.25) is 4.79 Å². The average molecular weight is 285 g/mol. The largest absolute Gasteiger partial charge is 0.399 e. The van der Waals surface area contributed by atoms with Gasteiger partial charge in [-0.25, -0.2) is 0 Å². The average Bonchev–Trinajstić information content (AvgIpc) is 2.35. The van der Waals surface area contributed by atoms with Crippen molar-refractivity contribution >= 4 is 17.3 Å². The van der Waals surface area contributed by atoms with E-state index in [1.807, 2.05) is 0 Å². The lowest BCUT2D eigenvalue weighted by molar-refractivity contribution is -0.0167. The van der Waals surface area contributed by atoms with E-state index < -0.39 is 0 Å². The number of anilines is 2. The second kappa shape index (κ2) is 4.39. The molecule has 4 saturated carbocycles. The molecule has 1 aromatic carbocycles. The highest BCUT2D eigenvalue weighted by atomic mass is 16.1. The zero-order valence-corrected chi connectivity index (χ0v) is 12.3. The summed E-state index contributed by atoms with van der Waals surface area (Å²) in [6.07, 6.45) is 7.59. The van der Waals surface area contributed by atoms with Crippen molar-refractivity contribution in [3.8, 4) is 0 Å². The second-order valence-corrected chi connectivity index (χ2v) is 7.54. The standard InChI is InChI=1S/C17H23N3O/c18-14-4-13(5-15(19)6-14)16(21)20-17-7-10-1-11(8-17)3-12(2-10)9-17/h4-6,10-12H,1-3,7-9,18-19H2,(H,20,21). The van der Waals surface area contributed by atoms with E-state index >= 15 is 0 Å². The molecule has 1 aromatic rings. The Morgan fingerprint density at radius 2 is 1.43 bits per heavy atom. The lowest BCUT2D eigenvalue weighted by Gasteiger charge is -2.56. The van der Waals surface area contributed by atoms with Gasteiger partial charge < -0.3 is 16.8 Å². The van der Waals surface area contributed by atoms with E-state index in [0.717, 1.165) is 37.0 Å². The fourth-order valence-electron chi connectivity index (χ4n) is 5.38. The summed E-state index contributed by atoms with van der Waals surface area (Å²) in [6.45, 7) is 0. The van der Waals surface area contributed by atoms with Gasteiger partial charge in [0.2, 0.25) is 0 Å². The molecule has 0 radical (unpaired) electrons. The third-order valence-electron chi connectivity index (χ3n) is 5.66. The summed E-state index contributed by atoms with van der Waals surface area (Å²) < 4.78 is 0. The molecule has 21 heavy (non-hydrogen) atoms. The third-order valence-corrected chi connectivity index (χ3v) is 5.66. The van der Waals surface area contributed by atoms with Crippen LogP contribution in [-0.4, -0.2) is 11.4 Å². The lowest BCUT2D eigenvalue weighted by Crippen LogP contribution is -2.59. The van der Waals surface area contributed by atoms with Gasteiger partial charge in [-0.2, -0.15) is 0 Å². The molecule has 0 aromatic heterocycles. The van der Waals surface area contributed by atoms with Crippen molar-refractivity contribution in [3.63, 3.8) is 0 Å². The first-order valence-corrected chi connectivity index (χ1v) is 8.00. The molecule has 5 rings (SSSR count). The Bertz CT molecular complexity index is 540. The number of benzene rings is 1. The topological polar surface area (TPSA) is 81.1 Å². The number of nitrogens with two attached hydrogens (primary N) is 2. The highest BCUT2D eigenvalue weighted by Gasteiger charge is 2.51. The molecule has 4 bridgehead atoms. The maximum Gasteiger partial charge on any atom is 0.251 e. The number of hydrogen-bond acceptors (Lipinski definition) is 3. The van der Waals surface area contributed by atoms with Crippen LogP contribution in [0, 0.1) is 17.8 Å². The summed E-state index contributed by atoms with van der Waals surface area (Å²) in [5.74, 6) is 2.45. The Morgan fingerprint density at radius 3 is 1.90 bits per heavy atom. The summed E-state index contributed by atoms with van der Waals surface area (Å²) in [5, 5.41) is 3.35. The van der Waals surface area contributed by atoms with Crippen molar-refractivity contribution in [1.29, 1.82) is 0 Å². The highest BCUT2D eigenvalue weighted by molar-refractivity contribution is 5.96. The molecule has 1 amide bonds. The molecule has 4 heteroatoms. The molecule has 5 N–H and O–H groups in total. The van der Waals surface area contributed by atoms with Gasteiger partial charge in [0.05, 0.1) is 0 Å². The van der Waals surface area contributed by atoms with Crippen LogP contribution in [0.4, 0.5) is 11.4 Å². The second-order valence-electron chi connectivity index (χ2n) is 7.54. The number of nitrogens with one attached hydrogen (secondary N) is 1. The van der Waals surface area contributed by atoms with Crippen LogP contribution in [0.25, 0.3) is 0 Å². The molecule has 4 aliphatic rings. The van der Waals surface area contributed by atoms with E-state index in [9.17, 15) is 4.79 Å². The molecule has 0 spiro atoms. The van der Waals surface area contributed by atoms with Gasteiger partial charge in [0.25, 0.3) is 5.91 Å². The van der Waals surface area contributed by atoms with Crippen molar-refractivity contribution in [3.05, 3.63) is 23.8 Å². The summed E-state index contributed by atoms with van der Waals surface area (Å²) in [5.41, 5.74) is 13.3. The van der Waals surface area contributed by atoms with Crippen LogP contribution in [0.2, 0.25) is 0 Å². The van der Waals surface area contributed by atoms with Gasteiger partial charge >= 0.3 is 0 Å². The van der Waals surface area contributed by atoms with Crippen molar-refractivity contribution in [2.24, 2.45) is 17.8 Å². The van der Waals surface area contributed by atoms with Gasteiger partial charge in [0, 0.05) is 22.5 Å².